The third kappa shape index (κ3) is 2.96. The van der Waals surface area contributed by atoms with Crippen molar-refractivity contribution in [2.24, 2.45) is 5.92 Å². The summed E-state index contributed by atoms with van der Waals surface area (Å²) in [6.07, 6.45) is 10.4. The summed E-state index contributed by atoms with van der Waals surface area (Å²) in [7, 11) is 0. The summed E-state index contributed by atoms with van der Waals surface area (Å²) < 4.78 is 0. The van der Waals surface area contributed by atoms with Crippen LogP contribution >= 0.6 is 0 Å². The molecule has 0 amide bonds. The standard InChI is InChI=1S/C13H22N2/c1-3-5-11(2)15-9-4-8-14-13(10-15)12-6-7-12/h1,11-14H,4-10H2,2H3. The van der Waals surface area contributed by atoms with E-state index in [9.17, 15) is 0 Å². The first kappa shape index (κ1) is 11.0. The molecule has 0 aromatic carbocycles. The molecule has 0 radical (unpaired) electrons. The predicted octanol–water partition coefficient (Wildman–Crippen LogP) is 1.47. The second-order valence-corrected chi connectivity index (χ2v) is 5.00. The van der Waals surface area contributed by atoms with Crippen LogP contribution in [0.3, 0.4) is 0 Å². The van der Waals surface area contributed by atoms with Gasteiger partial charge in [0.1, 0.15) is 0 Å². The molecule has 1 N–H and O–H groups in total. The van der Waals surface area contributed by atoms with Crippen molar-refractivity contribution in [1.29, 1.82) is 0 Å². The summed E-state index contributed by atoms with van der Waals surface area (Å²) >= 11 is 0. The summed E-state index contributed by atoms with van der Waals surface area (Å²) in [4.78, 5) is 2.57. The van der Waals surface area contributed by atoms with Gasteiger partial charge in [-0.15, -0.1) is 12.3 Å². The number of nitrogens with zero attached hydrogens (tertiary/aromatic N) is 1. The summed E-state index contributed by atoms with van der Waals surface area (Å²) in [6.45, 7) is 5.85. The zero-order valence-corrected chi connectivity index (χ0v) is 9.71. The number of rotatable bonds is 3. The summed E-state index contributed by atoms with van der Waals surface area (Å²) in [5.74, 6) is 3.73. The molecule has 1 aliphatic carbocycles. The zero-order valence-electron chi connectivity index (χ0n) is 9.71. The first-order valence-corrected chi connectivity index (χ1v) is 6.22. The van der Waals surface area contributed by atoms with Gasteiger partial charge in [0.05, 0.1) is 0 Å². The second-order valence-electron chi connectivity index (χ2n) is 5.00. The van der Waals surface area contributed by atoms with Crippen LogP contribution in [0.4, 0.5) is 0 Å². The monoisotopic (exact) mass is 206 g/mol. The van der Waals surface area contributed by atoms with Crippen LogP contribution in [0.2, 0.25) is 0 Å². The Balaban J connectivity index is 1.89. The molecule has 15 heavy (non-hydrogen) atoms. The maximum atomic E-state index is 5.39. The minimum absolute atomic E-state index is 0.552. The lowest BCUT2D eigenvalue weighted by Gasteiger charge is -2.29. The number of terminal acetylenes is 1. The maximum absolute atomic E-state index is 5.39. The van der Waals surface area contributed by atoms with E-state index in [1.807, 2.05) is 0 Å². The topological polar surface area (TPSA) is 15.3 Å². The Kier molecular flexibility index (Phi) is 3.66. The van der Waals surface area contributed by atoms with Crippen molar-refractivity contribution in [1.82, 2.24) is 10.2 Å². The molecule has 2 fully saturated rings. The molecule has 0 spiro atoms. The van der Waals surface area contributed by atoms with Crippen LogP contribution in [-0.2, 0) is 0 Å². The van der Waals surface area contributed by atoms with Gasteiger partial charge in [-0.2, -0.15) is 0 Å². The fourth-order valence-corrected chi connectivity index (χ4v) is 2.49. The van der Waals surface area contributed by atoms with Crippen molar-refractivity contribution in [3.63, 3.8) is 0 Å². The van der Waals surface area contributed by atoms with E-state index in [4.69, 9.17) is 6.42 Å². The smallest absolute Gasteiger partial charge is 0.0240 e. The zero-order chi connectivity index (χ0) is 10.7. The van der Waals surface area contributed by atoms with Gasteiger partial charge >= 0.3 is 0 Å². The third-order valence-electron chi connectivity index (χ3n) is 3.69. The second kappa shape index (κ2) is 5.01. The molecule has 2 atom stereocenters. The van der Waals surface area contributed by atoms with Gasteiger partial charge in [-0.05, 0) is 45.2 Å². The lowest BCUT2D eigenvalue weighted by molar-refractivity contribution is 0.201. The molecule has 0 aromatic rings. The Morgan fingerprint density at radius 2 is 2.33 bits per heavy atom. The summed E-state index contributed by atoms with van der Waals surface area (Å²) in [5, 5.41) is 3.68. The molecule has 84 valence electrons. The molecule has 0 bridgehead atoms. The van der Waals surface area contributed by atoms with E-state index < -0.39 is 0 Å². The molecule has 2 nitrogen and oxygen atoms in total. The molecule has 0 aromatic heterocycles. The number of hydrogen-bond donors (Lipinski definition) is 1. The molecular formula is C13H22N2. The molecule has 1 heterocycles. The summed E-state index contributed by atoms with van der Waals surface area (Å²) in [6, 6.07) is 1.28. The van der Waals surface area contributed by atoms with Crippen molar-refractivity contribution < 1.29 is 0 Å². The van der Waals surface area contributed by atoms with Gasteiger partial charge in [-0.25, -0.2) is 0 Å². The van der Waals surface area contributed by atoms with Crippen molar-refractivity contribution in [2.45, 2.75) is 44.7 Å². The fraction of sp³-hybridized carbons (Fsp3) is 0.846. The highest BCUT2D eigenvalue weighted by Crippen LogP contribution is 2.33. The Morgan fingerprint density at radius 1 is 1.53 bits per heavy atom. The van der Waals surface area contributed by atoms with E-state index in [0.717, 1.165) is 18.4 Å². The average Bonchev–Trinajstić information content (AvgIpc) is 3.04. The Morgan fingerprint density at radius 3 is 3.00 bits per heavy atom. The van der Waals surface area contributed by atoms with Crippen LogP contribution in [-0.4, -0.2) is 36.6 Å². The van der Waals surface area contributed by atoms with Gasteiger partial charge in [-0.1, -0.05) is 0 Å². The highest BCUT2D eigenvalue weighted by atomic mass is 15.2. The lowest BCUT2D eigenvalue weighted by atomic mass is 10.1. The first-order valence-electron chi connectivity index (χ1n) is 6.22. The van der Waals surface area contributed by atoms with E-state index >= 15 is 0 Å². The van der Waals surface area contributed by atoms with Crippen LogP contribution in [0, 0.1) is 18.3 Å². The van der Waals surface area contributed by atoms with Crippen molar-refractivity contribution in [3.8, 4) is 12.3 Å². The SMILES string of the molecule is C#CCC(C)N1CCCNC(C2CC2)C1. The van der Waals surface area contributed by atoms with Gasteiger partial charge in [0.2, 0.25) is 0 Å². The minimum atomic E-state index is 0.552. The molecular weight excluding hydrogens is 184 g/mol. The maximum Gasteiger partial charge on any atom is 0.0240 e. The average molecular weight is 206 g/mol. The lowest BCUT2D eigenvalue weighted by Crippen LogP contribution is -2.42. The Labute approximate surface area is 93.4 Å². The molecule has 2 aliphatic rings. The fourth-order valence-electron chi connectivity index (χ4n) is 2.49. The highest BCUT2D eigenvalue weighted by Gasteiger charge is 2.33. The minimum Gasteiger partial charge on any atom is -0.312 e. The molecule has 1 saturated heterocycles. The normalized spacial score (nSPS) is 30.5. The van der Waals surface area contributed by atoms with Gasteiger partial charge in [0.15, 0.2) is 0 Å². The molecule has 1 aliphatic heterocycles. The van der Waals surface area contributed by atoms with Crippen LogP contribution in [0.15, 0.2) is 0 Å². The van der Waals surface area contributed by atoms with Crippen molar-refractivity contribution >= 4 is 0 Å². The molecule has 2 heteroatoms. The van der Waals surface area contributed by atoms with E-state index in [2.05, 4.69) is 23.1 Å². The largest absolute Gasteiger partial charge is 0.312 e. The van der Waals surface area contributed by atoms with E-state index in [-0.39, 0.29) is 0 Å². The Hall–Kier alpha value is -0.520. The van der Waals surface area contributed by atoms with Gasteiger partial charge < -0.3 is 5.32 Å². The molecule has 2 unspecified atom stereocenters. The van der Waals surface area contributed by atoms with Crippen LogP contribution in [0.1, 0.15) is 32.6 Å². The van der Waals surface area contributed by atoms with E-state index in [1.165, 1.54) is 38.9 Å². The van der Waals surface area contributed by atoms with E-state index in [0.29, 0.717) is 6.04 Å². The van der Waals surface area contributed by atoms with Crippen LogP contribution < -0.4 is 5.32 Å². The van der Waals surface area contributed by atoms with Gasteiger partial charge in [-0.3, -0.25) is 4.90 Å². The van der Waals surface area contributed by atoms with Crippen LogP contribution in [0.25, 0.3) is 0 Å². The van der Waals surface area contributed by atoms with E-state index in [1.54, 1.807) is 0 Å². The van der Waals surface area contributed by atoms with Gasteiger partial charge in [0.25, 0.3) is 0 Å². The highest BCUT2D eigenvalue weighted by molar-refractivity contribution is 4.94. The molecule has 1 saturated carbocycles. The van der Waals surface area contributed by atoms with Gasteiger partial charge in [0, 0.05) is 25.0 Å². The Bertz CT molecular complexity index is 239. The third-order valence-corrected chi connectivity index (χ3v) is 3.69. The number of hydrogen-bond acceptors (Lipinski definition) is 2. The van der Waals surface area contributed by atoms with Crippen molar-refractivity contribution in [2.75, 3.05) is 19.6 Å². The summed E-state index contributed by atoms with van der Waals surface area (Å²) in [5.41, 5.74) is 0. The quantitative estimate of drug-likeness (QED) is 0.704. The van der Waals surface area contributed by atoms with Crippen molar-refractivity contribution in [3.05, 3.63) is 0 Å². The predicted molar refractivity (Wildman–Crippen MR) is 63.6 cm³/mol. The molecule has 2 rings (SSSR count). The van der Waals surface area contributed by atoms with Crippen LogP contribution in [0.5, 0.6) is 0 Å². The number of nitrogens with one attached hydrogen (secondary N) is 1. The first-order chi connectivity index (χ1) is 7.31.